The van der Waals surface area contributed by atoms with E-state index in [1.54, 1.807) is 22.8 Å². The molecule has 1 aromatic carbocycles. The minimum absolute atomic E-state index is 0.00227. The van der Waals surface area contributed by atoms with Gasteiger partial charge < -0.3 is 10.7 Å². The minimum Gasteiger partial charge on any atom is -0.330 e. The Morgan fingerprint density at radius 3 is 2.78 bits per heavy atom. The van der Waals surface area contributed by atoms with Gasteiger partial charge >= 0.3 is 5.69 Å². The number of carbonyl (C=O) groups excluding carboxylic acids is 1. The topological polar surface area (TPSA) is 80.9 Å². The maximum absolute atomic E-state index is 11.8. The molecule has 0 saturated heterocycles. The molecule has 0 atom stereocenters. The number of aromatic nitrogens is 2. The Morgan fingerprint density at radius 1 is 1.44 bits per heavy atom. The smallest absolute Gasteiger partial charge is 0.326 e. The Kier molecular flexibility index (Phi) is 3.34. The number of rotatable bonds is 4. The third kappa shape index (κ3) is 2.09. The highest BCUT2D eigenvalue weighted by atomic mass is 16.1. The van der Waals surface area contributed by atoms with E-state index in [9.17, 15) is 9.59 Å². The van der Waals surface area contributed by atoms with E-state index in [-0.39, 0.29) is 17.5 Å². The molecule has 96 valence electrons. The van der Waals surface area contributed by atoms with Crippen molar-refractivity contribution >= 4 is 16.8 Å². The van der Waals surface area contributed by atoms with Gasteiger partial charge in [-0.05, 0) is 38.6 Å². The molecule has 3 N–H and O–H groups in total. The van der Waals surface area contributed by atoms with Crippen LogP contribution in [0.3, 0.4) is 0 Å². The number of Topliss-reactive ketones (excluding diaryl/α,β-unsaturated/α-hetero) is 1. The molecule has 0 aliphatic carbocycles. The number of nitrogens with two attached hydrogens (primary N) is 1. The fraction of sp³-hybridized carbons (Fsp3) is 0.385. The molecule has 2 aromatic rings. The summed E-state index contributed by atoms with van der Waals surface area (Å²) in [6.07, 6.45) is 0.320. The summed E-state index contributed by atoms with van der Waals surface area (Å²) < 4.78 is 1.67. The van der Waals surface area contributed by atoms with Crippen molar-refractivity contribution in [2.75, 3.05) is 6.54 Å². The molecule has 0 saturated carbocycles. The second-order valence-corrected chi connectivity index (χ2v) is 4.59. The lowest BCUT2D eigenvalue weighted by molar-refractivity contribution is 0.0985. The highest BCUT2D eigenvalue weighted by molar-refractivity contribution is 5.99. The van der Waals surface area contributed by atoms with E-state index in [1.165, 1.54) is 0 Å². The average molecular weight is 247 g/mol. The molecule has 2 rings (SSSR count). The first kappa shape index (κ1) is 12.6. The van der Waals surface area contributed by atoms with Crippen molar-refractivity contribution in [3.8, 4) is 0 Å². The van der Waals surface area contributed by atoms with Crippen LogP contribution in [0.15, 0.2) is 23.0 Å². The second-order valence-electron chi connectivity index (χ2n) is 4.59. The zero-order chi connectivity index (χ0) is 13.3. The van der Waals surface area contributed by atoms with Gasteiger partial charge in [0.05, 0.1) is 11.0 Å². The van der Waals surface area contributed by atoms with Gasteiger partial charge in [0.2, 0.25) is 0 Å². The van der Waals surface area contributed by atoms with E-state index in [2.05, 4.69) is 4.98 Å². The number of imidazole rings is 1. The summed E-state index contributed by atoms with van der Waals surface area (Å²) in [5.74, 6) is -0.00227. The number of benzene rings is 1. The Morgan fingerprint density at radius 2 is 2.17 bits per heavy atom. The van der Waals surface area contributed by atoms with Gasteiger partial charge in [0.25, 0.3) is 0 Å². The number of ketones is 1. The van der Waals surface area contributed by atoms with Crippen LogP contribution in [0.2, 0.25) is 0 Å². The van der Waals surface area contributed by atoms with Gasteiger partial charge in [-0.3, -0.25) is 9.36 Å². The summed E-state index contributed by atoms with van der Waals surface area (Å²) in [5, 5.41) is 0. The van der Waals surface area contributed by atoms with Crippen molar-refractivity contribution in [3.05, 3.63) is 34.2 Å². The van der Waals surface area contributed by atoms with Gasteiger partial charge in [0, 0.05) is 18.0 Å². The van der Waals surface area contributed by atoms with Crippen LogP contribution in [0, 0.1) is 0 Å². The lowest BCUT2D eigenvalue weighted by Gasteiger charge is -2.07. The van der Waals surface area contributed by atoms with E-state index in [0.717, 1.165) is 5.52 Å². The molecule has 0 aliphatic rings. The first-order valence-corrected chi connectivity index (χ1v) is 6.02. The molecule has 0 spiro atoms. The van der Waals surface area contributed by atoms with Crippen LogP contribution in [0.5, 0.6) is 0 Å². The van der Waals surface area contributed by atoms with Crippen molar-refractivity contribution in [1.29, 1.82) is 0 Å². The highest BCUT2D eigenvalue weighted by Crippen LogP contribution is 2.17. The Hall–Kier alpha value is -1.88. The van der Waals surface area contributed by atoms with Crippen LogP contribution >= 0.6 is 0 Å². The van der Waals surface area contributed by atoms with E-state index < -0.39 is 0 Å². The number of nitrogens with zero attached hydrogens (tertiary/aromatic N) is 1. The first-order chi connectivity index (χ1) is 8.54. The number of H-pyrrole nitrogens is 1. The Labute approximate surface area is 105 Å². The zero-order valence-electron chi connectivity index (χ0n) is 10.6. The minimum atomic E-state index is -0.150. The summed E-state index contributed by atoms with van der Waals surface area (Å²) in [6.45, 7) is 4.23. The van der Waals surface area contributed by atoms with Gasteiger partial charge in [-0.2, -0.15) is 0 Å². The molecular weight excluding hydrogens is 230 g/mol. The average Bonchev–Trinajstić information content (AvgIpc) is 2.63. The van der Waals surface area contributed by atoms with Crippen molar-refractivity contribution < 1.29 is 4.79 Å². The molecule has 5 heteroatoms. The molecule has 18 heavy (non-hydrogen) atoms. The number of carbonyl (C=O) groups is 1. The van der Waals surface area contributed by atoms with Crippen molar-refractivity contribution in [3.63, 3.8) is 0 Å². The number of fused-ring (bicyclic) bond motifs is 1. The van der Waals surface area contributed by atoms with E-state index in [4.69, 9.17) is 5.73 Å². The monoisotopic (exact) mass is 247 g/mol. The Bertz CT molecular complexity index is 637. The lowest BCUT2D eigenvalue weighted by Crippen LogP contribution is -2.18. The van der Waals surface area contributed by atoms with Gasteiger partial charge in [0.15, 0.2) is 5.78 Å². The van der Waals surface area contributed by atoms with Crippen molar-refractivity contribution in [2.24, 2.45) is 5.73 Å². The number of nitrogens with one attached hydrogen (secondary N) is 1. The fourth-order valence-electron chi connectivity index (χ4n) is 2.09. The summed E-state index contributed by atoms with van der Waals surface area (Å²) in [6, 6.07) is 5.34. The third-order valence-electron chi connectivity index (χ3n) is 2.93. The molecule has 0 aliphatic heterocycles. The number of aromatic amines is 1. The van der Waals surface area contributed by atoms with E-state index in [0.29, 0.717) is 24.0 Å². The normalized spacial score (nSPS) is 11.3. The van der Waals surface area contributed by atoms with Crippen molar-refractivity contribution in [1.82, 2.24) is 9.55 Å². The molecule has 5 nitrogen and oxygen atoms in total. The van der Waals surface area contributed by atoms with Crippen molar-refractivity contribution in [2.45, 2.75) is 26.3 Å². The summed E-state index contributed by atoms with van der Waals surface area (Å²) in [5.41, 5.74) is 7.31. The van der Waals surface area contributed by atoms with Crippen LogP contribution in [-0.4, -0.2) is 21.9 Å². The molecule has 0 radical (unpaired) electrons. The lowest BCUT2D eigenvalue weighted by atomic mass is 10.1. The maximum Gasteiger partial charge on any atom is 0.326 e. The molecule has 0 amide bonds. The second kappa shape index (κ2) is 4.78. The van der Waals surface area contributed by atoms with Gasteiger partial charge in [-0.25, -0.2) is 4.79 Å². The SMILES string of the molecule is CC(C)n1c(=O)[nH]c2cc(C(=O)CCN)ccc21. The standard InChI is InChI=1S/C13H17N3O2/c1-8(2)16-11-4-3-9(12(17)5-6-14)7-10(11)15-13(16)18/h3-4,7-8H,5-6,14H2,1-2H3,(H,15,18). The molecule has 0 bridgehead atoms. The molecule has 1 aromatic heterocycles. The maximum atomic E-state index is 11.8. The molecule has 0 unspecified atom stereocenters. The number of hydrogen-bond acceptors (Lipinski definition) is 3. The van der Waals surface area contributed by atoms with E-state index in [1.807, 2.05) is 13.8 Å². The van der Waals surface area contributed by atoms with Crippen LogP contribution in [0.25, 0.3) is 11.0 Å². The summed E-state index contributed by atoms with van der Waals surface area (Å²) in [7, 11) is 0. The van der Waals surface area contributed by atoms with Crippen LogP contribution in [0.1, 0.15) is 36.7 Å². The van der Waals surface area contributed by atoms with Gasteiger partial charge in [-0.15, -0.1) is 0 Å². The van der Waals surface area contributed by atoms with Crippen LogP contribution < -0.4 is 11.4 Å². The zero-order valence-corrected chi connectivity index (χ0v) is 10.6. The van der Waals surface area contributed by atoms with E-state index >= 15 is 0 Å². The van der Waals surface area contributed by atoms with Gasteiger partial charge in [0.1, 0.15) is 0 Å². The highest BCUT2D eigenvalue weighted by Gasteiger charge is 2.12. The Balaban J connectivity index is 2.54. The first-order valence-electron chi connectivity index (χ1n) is 6.02. The quantitative estimate of drug-likeness (QED) is 0.802. The predicted molar refractivity (Wildman–Crippen MR) is 70.9 cm³/mol. The molecule has 1 heterocycles. The third-order valence-corrected chi connectivity index (χ3v) is 2.93. The summed E-state index contributed by atoms with van der Waals surface area (Å²) >= 11 is 0. The predicted octanol–water partition coefficient (Wildman–Crippen LogP) is 1.44. The summed E-state index contributed by atoms with van der Waals surface area (Å²) in [4.78, 5) is 26.3. The van der Waals surface area contributed by atoms with Crippen LogP contribution in [0.4, 0.5) is 0 Å². The number of hydrogen-bond donors (Lipinski definition) is 2. The molecule has 0 fully saturated rings. The van der Waals surface area contributed by atoms with Crippen LogP contribution in [-0.2, 0) is 0 Å². The molecular formula is C13H17N3O2. The fourth-order valence-corrected chi connectivity index (χ4v) is 2.09. The van der Waals surface area contributed by atoms with Gasteiger partial charge in [-0.1, -0.05) is 0 Å². The largest absolute Gasteiger partial charge is 0.330 e.